The standard InChI is InChI=1S/C46H30N2/c1-2-12-31(13-3-1)32-24-27-35(28-25-32)47-42-20-8-6-17-38(42)40-30-34(26-29-44(40)47)37-19-11-23-45-46(37)39-18-7-9-21-43(39)48(45)41-22-10-15-33-14-4-5-16-36(33)41/h1-30H. The molecule has 0 aliphatic rings. The predicted molar refractivity (Wildman–Crippen MR) is 203 cm³/mol. The number of rotatable bonds is 4. The molecule has 0 fully saturated rings. The second kappa shape index (κ2) is 10.6. The van der Waals surface area contributed by atoms with Crippen molar-refractivity contribution in [2.75, 3.05) is 0 Å². The molecule has 0 unspecified atom stereocenters. The van der Waals surface area contributed by atoms with Crippen LogP contribution in [-0.4, -0.2) is 9.13 Å². The molecule has 2 heterocycles. The Morgan fingerprint density at radius 3 is 1.73 bits per heavy atom. The first kappa shape index (κ1) is 26.8. The molecule has 0 N–H and O–H groups in total. The summed E-state index contributed by atoms with van der Waals surface area (Å²) in [7, 11) is 0. The lowest BCUT2D eigenvalue weighted by Gasteiger charge is -2.12. The van der Waals surface area contributed by atoms with Crippen molar-refractivity contribution in [3.05, 3.63) is 182 Å². The number of fused-ring (bicyclic) bond motifs is 7. The van der Waals surface area contributed by atoms with Crippen molar-refractivity contribution < 1.29 is 0 Å². The summed E-state index contributed by atoms with van der Waals surface area (Å²) >= 11 is 0. The number of para-hydroxylation sites is 2. The number of hydrogen-bond donors (Lipinski definition) is 0. The lowest BCUT2D eigenvalue weighted by Crippen LogP contribution is -1.95. The summed E-state index contributed by atoms with van der Waals surface area (Å²) in [6.45, 7) is 0. The first-order valence-electron chi connectivity index (χ1n) is 16.5. The summed E-state index contributed by atoms with van der Waals surface area (Å²) in [6, 6.07) is 66.2. The van der Waals surface area contributed by atoms with E-state index >= 15 is 0 Å². The summed E-state index contributed by atoms with van der Waals surface area (Å²) in [4.78, 5) is 0. The molecular weight excluding hydrogens is 581 g/mol. The van der Waals surface area contributed by atoms with E-state index in [1.165, 1.54) is 82.3 Å². The Bertz CT molecular complexity index is 2810. The third-order valence-corrected chi connectivity index (χ3v) is 9.92. The fraction of sp³-hybridized carbons (Fsp3) is 0. The highest BCUT2D eigenvalue weighted by Crippen LogP contribution is 2.42. The van der Waals surface area contributed by atoms with E-state index in [9.17, 15) is 0 Å². The van der Waals surface area contributed by atoms with Crippen molar-refractivity contribution >= 4 is 54.4 Å². The maximum atomic E-state index is 2.44. The molecule has 0 saturated heterocycles. The maximum Gasteiger partial charge on any atom is 0.0547 e. The largest absolute Gasteiger partial charge is 0.309 e. The Labute approximate surface area is 278 Å². The molecule has 0 radical (unpaired) electrons. The predicted octanol–water partition coefficient (Wildman–Crippen LogP) is 12.4. The fourth-order valence-corrected chi connectivity index (χ4v) is 7.77. The molecule has 0 amide bonds. The van der Waals surface area contributed by atoms with E-state index in [0.29, 0.717) is 0 Å². The van der Waals surface area contributed by atoms with E-state index in [-0.39, 0.29) is 0 Å². The monoisotopic (exact) mass is 610 g/mol. The van der Waals surface area contributed by atoms with Crippen molar-refractivity contribution in [3.63, 3.8) is 0 Å². The van der Waals surface area contributed by atoms with Crippen LogP contribution in [0.4, 0.5) is 0 Å². The zero-order valence-corrected chi connectivity index (χ0v) is 26.2. The molecular formula is C46H30N2. The SMILES string of the molecule is c1ccc(-c2ccc(-n3c4ccccc4c4cc(-c5cccc6c5c5ccccc5n6-c5cccc6ccccc56)ccc43)cc2)cc1. The minimum absolute atomic E-state index is 1.16. The number of hydrogen-bond acceptors (Lipinski definition) is 0. The van der Waals surface area contributed by atoms with Gasteiger partial charge in [0.15, 0.2) is 0 Å². The molecule has 8 aromatic carbocycles. The molecule has 2 nitrogen and oxygen atoms in total. The van der Waals surface area contributed by atoms with Crippen LogP contribution in [0.2, 0.25) is 0 Å². The molecule has 10 rings (SSSR count). The number of benzene rings is 8. The van der Waals surface area contributed by atoms with Gasteiger partial charge in [0, 0.05) is 32.6 Å². The molecule has 0 atom stereocenters. The van der Waals surface area contributed by atoms with E-state index in [0.717, 1.165) is 5.69 Å². The normalized spacial score (nSPS) is 11.8. The Balaban J connectivity index is 1.19. The molecule has 2 aromatic heterocycles. The minimum Gasteiger partial charge on any atom is -0.309 e. The summed E-state index contributed by atoms with van der Waals surface area (Å²) in [5, 5.41) is 7.54. The van der Waals surface area contributed by atoms with Gasteiger partial charge in [-0.25, -0.2) is 0 Å². The molecule has 48 heavy (non-hydrogen) atoms. The van der Waals surface area contributed by atoms with Crippen LogP contribution >= 0.6 is 0 Å². The van der Waals surface area contributed by atoms with Gasteiger partial charge in [-0.3, -0.25) is 0 Å². The van der Waals surface area contributed by atoms with Crippen molar-refractivity contribution in [1.82, 2.24) is 9.13 Å². The molecule has 0 aliphatic carbocycles. The Hall–Kier alpha value is -6.38. The Morgan fingerprint density at radius 1 is 0.312 bits per heavy atom. The third-order valence-electron chi connectivity index (χ3n) is 9.92. The van der Waals surface area contributed by atoms with Crippen LogP contribution in [0.5, 0.6) is 0 Å². The summed E-state index contributed by atoms with van der Waals surface area (Å²) in [6.07, 6.45) is 0. The van der Waals surface area contributed by atoms with Crippen molar-refractivity contribution in [3.8, 4) is 33.6 Å². The van der Waals surface area contributed by atoms with Gasteiger partial charge in [0.05, 0.1) is 27.8 Å². The molecule has 10 aromatic rings. The lowest BCUT2D eigenvalue weighted by atomic mass is 9.98. The van der Waals surface area contributed by atoms with Crippen LogP contribution in [0, 0.1) is 0 Å². The first-order valence-corrected chi connectivity index (χ1v) is 16.5. The minimum atomic E-state index is 1.16. The van der Waals surface area contributed by atoms with Crippen LogP contribution in [-0.2, 0) is 0 Å². The highest BCUT2D eigenvalue weighted by molar-refractivity contribution is 6.18. The van der Waals surface area contributed by atoms with Crippen LogP contribution in [0.1, 0.15) is 0 Å². The fourth-order valence-electron chi connectivity index (χ4n) is 7.77. The van der Waals surface area contributed by atoms with Crippen molar-refractivity contribution in [2.24, 2.45) is 0 Å². The molecule has 224 valence electrons. The van der Waals surface area contributed by atoms with Gasteiger partial charge in [-0.15, -0.1) is 0 Å². The smallest absolute Gasteiger partial charge is 0.0547 e. The molecule has 0 saturated carbocycles. The second-order valence-corrected chi connectivity index (χ2v) is 12.5. The topological polar surface area (TPSA) is 9.86 Å². The number of aromatic nitrogens is 2. The quantitative estimate of drug-likeness (QED) is 0.188. The first-order chi connectivity index (χ1) is 23.8. The molecule has 0 spiro atoms. The van der Waals surface area contributed by atoms with Gasteiger partial charge in [0.1, 0.15) is 0 Å². The van der Waals surface area contributed by atoms with Crippen molar-refractivity contribution in [2.45, 2.75) is 0 Å². The average Bonchev–Trinajstić information content (AvgIpc) is 3.68. The van der Waals surface area contributed by atoms with E-state index in [4.69, 9.17) is 0 Å². The highest BCUT2D eigenvalue weighted by Gasteiger charge is 2.19. The van der Waals surface area contributed by atoms with E-state index in [1.807, 2.05) is 0 Å². The van der Waals surface area contributed by atoms with Gasteiger partial charge in [-0.05, 0) is 76.2 Å². The van der Waals surface area contributed by atoms with Gasteiger partial charge in [-0.2, -0.15) is 0 Å². The summed E-state index contributed by atoms with van der Waals surface area (Å²) in [5.74, 6) is 0. The van der Waals surface area contributed by atoms with Crippen molar-refractivity contribution in [1.29, 1.82) is 0 Å². The summed E-state index contributed by atoms with van der Waals surface area (Å²) < 4.78 is 4.84. The van der Waals surface area contributed by atoms with Gasteiger partial charge in [-0.1, -0.05) is 133 Å². The van der Waals surface area contributed by atoms with Crippen LogP contribution in [0.25, 0.3) is 88.0 Å². The van der Waals surface area contributed by atoms with Crippen LogP contribution in [0.15, 0.2) is 182 Å². The van der Waals surface area contributed by atoms with Crippen LogP contribution < -0.4 is 0 Å². The molecule has 2 heteroatoms. The third kappa shape index (κ3) is 4.00. The molecule has 0 bridgehead atoms. The van der Waals surface area contributed by atoms with Gasteiger partial charge in [0.25, 0.3) is 0 Å². The maximum absolute atomic E-state index is 2.44. The zero-order valence-electron chi connectivity index (χ0n) is 26.2. The van der Waals surface area contributed by atoms with Gasteiger partial charge in [0.2, 0.25) is 0 Å². The van der Waals surface area contributed by atoms with E-state index in [1.54, 1.807) is 0 Å². The van der Waals surface area contributed by atoms with Gasteiger partial charge < -0.3 is 9.13 Å². The lowest BCUT2D eigenvalue weighted by molar-refractivity contribution is 1.18. The van der Waals surface area contributed by atoms with E-state index < -0.39 is 0 Å². The Kier molecular flexibility index (Phi) is 5.91. The Morgan fingerprint density at radius 2 is 0.896 bits per heavy atom. The van der Waals surface area contributed by atoms with E-state index in [2.05, 4.69) is 191 Å². The molecule has 0 aliphatic heterocycles. The zero-order chi connectivity index (χ0) is 31.6. The average molecular weight is 611 g/mol. The van der Waals surface area contributed by atoms with Crippen LogP contribution in [0.3, 0.4) is 0 Å². The van der Waals surface area contributed by atoms with Gasteiger partial charge >= 0.3 is 0 Å². The summed E-state index contributed by atoms with van der Waals surface area (Å²) in [5.41, 5.74) is 12.1. The number of nitrogens with zero attached hydrogens (tertiary/aromatic N) is 2. The second-order valence-electron chi connectivity index (χ2n) is 12.5. The highest BCUT2D eigenvalue weighted by atomic mass is 15.0.